The van der Waals surface area contributed by atoms with E-state index in [1.807, 2.05) is 0 Å². The van der Waals surface area contributed by atoms with Crippen molar-refractivity contribution in [1.82, 2.24) is 0 Å². The summed E-state index contributed by atoms with van der Waals surface area (Å²) in [5, 5.41) is 17.8. The zero-order valence-electron chi connectivity index (χ0n) is 8.73. The van der Waals surface area contributed by atoms with E-state index in [4.69, 9.17) is 5.14 Å². The highest BCUT2D eigenvalue weighted by molar-refractivity contribution is 7.89. The number of sulfonamides is 1. The third kappa shape index (κ3) is 2.12. The fraction of sp³-hybridized carbons (Fsp3) is 0.400. The number of nitrogens with one attached hydrogen (secondary N) is 1. The van der Waals surface area contributed by atoms with Crippen molar-refractivity contribution in [2.24, 2.45) is 5.14 Å². The standard InChI is InChI=1S/C10H14N2O3S/c11-16(14,15)10-6-8-7(5-9(10)13)3-1-2-4-12-8/h5-6,12-13H,1-4H2,(H2,11,14,15). The molecule has 88 valence electrons. The highest BCUT2D eigenvalue weighted by atomic mass is 32.2. The molecule has 0 aromatic heterocycles. The molecule has 0 unspecified atom stereocenters. The molecule has 0 radical (unpaired) electrons. The predicted octanol–water partition coefficient (Wildman–Crippen LogP) is 0.788. The van der Waals surface area contributed by atoms with E-state index in [-0.39, 0.29) is 10.6 Å². The molecule has 0 atom stereocenters. The number of anilines is 1. The lowest BCUT2D eigenvalue weighted by molar-refractivity contribution is 0.458. The molecule has 2 rings (SSSR count). The van der Waals surface area contributed by atoms with Crippen LogP contribution in [0.2, 0.25) is 0 Å². The summed E-state index contributed by atoms with van der Waals surface area (Å²) in [6.45, 7) is 0.807. The molecule has 0 bridgehead atoms. The van der Waals surface area contributed by atoms with E-state index >= 15 is 0 Å². The first-order chi connectivity index (χ1) is 7.48. The van der Waals surface area contributed by atoms with Crippen LogP contribution in [0, 0.1) is 0 Å². The Hall–Kier alpha value is -1.27. The van der Waals surface area contributed by atoms with Crippen molar-refractivity contribution < 1.29 is 13.5 Å². The Bertz CT molecular complexity index is 511. The molecule has 1 aromatic rings. The van der Waals surface area contributed by atoms with Crippen molar-refractivity contribution >= 4 is 15.7 Å². The molecule has 0 fully saturated rings. The molecule has 1 aromatic carbocycles. The molecule has 0 saturated heterocycles. The van der Waals surface area contributed by atoms with Gasteiger partial charge in [0.15, 0.2) is 0 Å². The average molecular weight is 242 g/mol. The van der Waals surface area contributed by atoms with Crippen LogP contribution in [0.3, 0.4) is 0 Å². The summed E-state index contributed by atoms with van der Waals surface area (Å²) in [5.74, 6) is -0.273. The second-order valence-electron chi connectivity index (χ2n) is 3.91. The summed E-state index contributed by atoms with van der Waals surface area (Å²) < 4.78 is 22.4. The van der Waals surface area contributed by atoms with Crippen LogP contribution in [0.4, 0.5) is 5.69 Å². The molecule has 1 aliphatic rings. The van der Waals surface area contributed by atoms with Crippen LogP contribution in [-0.4, -0.2) is 20.1 Å². The smallest absolute Gasteiger partial charge is 0.241 e. The Labute approximate surface area is 94.3 Å². The quantitative estimate of drug-likeness (QED) is 0.635. The van der Waals surface area contributed by atoms with Crippen LogP contribution >= 0.6 is 0 Å². The van der Waals surface area contributed by atoms with Gasteiger partial charge in [0.1, 0.15) is 10.6 Å². The van der Waals surface area contributed by atoms with Gasteiger partial charge >= 0.3 is 0 Å². The maximum Gasteiger partial charge on any atom is 0.241 e. The van der Waals surface area contributed by atoms with E-state index in [1.54, 1.807) is 0 Å². The maximum atomic E-state index is 11.2. The molecule has 4 N–H and O–H groups in total. The Morgan fingerprint density at radius 2 is 2.06 bits per heavy atom. The van der Waals surface area contributed by atoms with Gasteiger partial charge in [0, 0.05) is 12.2 Å². The Morgan fingerprint density at radius 1 is 1.31 bits per heavy atom. The highest BCUT2D eigenvalue weighted by Gasteiger charge is 2.18. The van der Waals surface area contributed by atoms with Gasteiger partial charge in [-0.3, -0.25) is 0 Å². The summed E-state index contributed by atoms with van der Waals surface area (Å²) in [7, 11) is -3.87. The third-order valence-electron chi connectivity index (χ3n) is 2.68. The van der Waals surface area contributed by atoms with Gasteiger partial charge in [-0.25, -0.2) is 13.6 Å². The Morgan fingerprint density at radius 3 is 2.75 bits per heavy atom. The number of rotatable bonds is 1. The summed E-state index contributed by atoms with van der Waals surface area (Å²) in [4.78, 5) is -0.222. The van der Waals surface area contributed by atoms with Crippen LogP contribution < -0.4 is 10.5 Å². The first-order valence-electron chi connectivity index (χ1n) is 5.11. The van der Waals surface area contributed by atoms with Crippen molar-refractivity contribution in [3.63, 3.8) is 0 Å². The summed E-state index contributed by atoms with van der Waals surface area (Å²) in [6.07, 6.45) is 2.88. The number of nitrogens with two attached hydrogens (primary N) is 1. The van der Waals surface area contributed by atoms with Crippen molar-refractivity contribution in [3.05, 3.63) is 17.7 Å². The predicted molar refractivity (Wildman–Crippen MR) is 60.9 cm³/mol. The molecule has 1 heterocycles. The minimum atomic E-state index is -3.87. The summed E-state index contributed by atoms with van der Waals surface area (Å²) in [6, 6.07) is 2.89. The number of aryl methyl sites for hydroxylation is 1. The lowest BCUT2D eigenvalue weighted by Crippen LogP contribution is -2.13. The van der Waals surface area contributed by atoms with Gasteiger partial charge in [-0.15, -0.1) is 0 Å². The molecule has 0 amide bonds. The van der Waals surface area contributed by atoms with Gasteiger partial charge < -0.3 is 10.4 Å². The van der Waals surface area contributed by atoms with E-state index in [9.17, 15) is 13.5 Å². The number of hydrogen-bond donors (Lipinski definition) is 3. The van der Waals surface area contributed by atoms with E-state index in [0.717, 1.165) is 37.1 Å². The zero-order chi connectivity index (χ0) is 11.8. The molecular weight excluding hydrogens is 228 g/mol. The lowest BCUT2D eigenvalue weighted by Gasteiger charge is -2.10. The number of phenols is 1. The first-order valence-corrected chi connectivity index (χ1v) is 6.65. The number of primary sulfonamides is 1. The van der Waals surface area contributed by atoms with Crippen LogP contribution in [0.1, 0.15) is 18.4 Å². The maximum absolute atomic E-state index is 11.2. The topological polar surface area (TPSA) is 92.4 Å². The third-order valence-corrected chi connectivity index (χ3v) is 3.62. The van der Waals surface area contributed by atoms with Crippen molar-refractivity contribution in [2.75, 3.05) is 11.9 Å². The molecule has 5 nitrogen and oxygen atoms in total. The fourth-order valence-corrected chi connectivity index (χ4v) is 2.51. The number of aromatic hydroxyl groups is 1. The largest absolute Gasteiger partial charge is 0.507 e. The van der Waals surface area contributed by atoms with Gasteiger partial charge in [-0.05, 0) is 37.0 Å². The summed E-state index contributed by atoms with van der Waals surface area (Å²) in [5.41, 5.74) is 1.68. The van der Waals surface area contributed by atoms with Crippen LogP contribution in [0.15, 0.2) is 17.0 Å². The van der Waals surface area contributed by atoms with Gasteiger partial charge in [0.05, 0.1) is 0 Å². The van der Waals surface area contributed by atoms with Crippen molar-refractivity contribution in [2.45, 2.75) is 24.2 Å². The zero-order valence-corrected chi connectivity index (χ0v) is 9.55. The van der Waals surface area contributed by atoms with Gasteiger partial charge in [0.2, 0.25) is 10.0 Å². The Balaban J connectivity index is 2.56. The number of benzene rings is 1. The normalized spacial score (nSPS) is 16.1. The van der Waals surface area contributed by atoms with E-state index in [2.05, 4.69) is 5.32 Å². The molecular formula is C10H14N2O3S. The minimum absolute atomic E-state index is 0.222. The molecule has 0 aliphatic carbocycles. The number of hydrogen-bond acceptors (Lipinski definition) is 4. The molecule has 0 spiro atoms. The number of fused-ring (bicyclic) bond motifs is 1. The molecule has 1 aliphatic heterocycles. The molecule has 6 heteroatoms. The lowest BCUT2D eigenvalue weighted by atomic mass is 10.1. The summed E-state index contributed by atoms with van der Waals surface area (Å²) >= 11 is 0. The first kappa shape index (κ1) is 11.2. The van der Waals surface area contributed by atoms with Crippen LogP contribution in [0.5, 0.6) is 5.75 Å². The van der Waals surface area contributed by atoms with E-state index in [1.165, 1.54) is 12.1 Å². The van der Waals surface area contributed by atoms with Crippen LogP contribution in [0.25, 0.3) is 0 Å². The second-order valence-corrected chi connectivity index (χ2v) is 5.44. The van der Waals surface area contributed by atoms with Gasteiger partial charge in [0.25, 0.3) is 0 Å². The highest BCUT2D eigenvalue weighted by Crippen LogP contribution is 2.31. The molecule has 0 saturated carbocycles. The fourth-order valence-electron chi connectivity index (χ4n) is 1.87. The van der Waals surface area contributed by atoms with Gasteiger partial charge in [-0.2, -0.15) is 0 Å². The Kier molecular flexibility index (Phi) is 2.77. The van der Waals surface area contributed by atoms with Crippen molar-refractivity contribution in [3.8, 4) is 5.75 Å². The number of phenolic OH excluding ortho intramolecular Hbond substituents is 1. The van der Waals surface area contributed by atoms with Gasteiger partial charge in [-0.1, -0.05) is 0 Å². The average Bonchev–Trinajstić information content (AvgIpc) is 2.39. The van der Waals surface area contributed by atoms with Crippen molar-refractivity contribution in [1.29, 1.82) is 0 Å². The van der Waals surface area contributed by atoms with Crippen LogP contribution in [-0.2, 0) is 16.4 Å². The SMILES string of the molecule is NS(=O)(=O)c1cc2c(cc1O)CCCCN2. The second kappa shape index (κ2) is 3.95. The van der Waals surface area contributed by atoms with E-state index in [0.29, 0.717) is 0 Å². The monoisotopic (exact) mass is 242 g/mol. The van der Waals surface area contributed by atoms with E-state index < -0.39 is 10.0 Å². The minimum Gasteiger partial charge on any atom is -0.507 e. The molecule has 16 heavy (non-hydrogen) atoms.